The quantitative estimate of drug-likeness (QED) is 0.453. The van der Waals surface area contributed by atoms with Gasteiger partial charge in [-0.1, -0.05) is 74.3 Å². The third-order valence-electron chi connectivity index (χ3n) is 6.30. The van der Waals surface area contributed by atoms with Crippen molar-refractivity contribution in [1.29, 1.82) is 0 Å². The molecule has 0 radical (unpaired) electrons. The summed E-state index contributed by atoms with van der Waals surface area (Å²) in [5.74, 6) is 1.13. The summed E-state index contributed by atoms with van der Waals surface area (Å²) in [5, 5.41) is 20.6. The Bertz CT molecular complexity index is 649. The molecule has 1 saturated carbocycles. The van der Waals surface area contributed by atoms with Crippen LogP contribution in [-0.2, 0) is 13.0 Å². The SMILES string of the molecule is CCCCC[C@H](O)C=C[C@@H]1[C@H]2CC(Cc3ccc(CN)cc3)=C[C@H]2C[C@H]1O. The smallest absolute Gasteiger partial charge is 0.0721 e. The van der Waals surface area contributed by atoms with Crippen LogP contribution in [0.25, 0.3) is 0 Å². The van der Waals surface area contributed by atoms with E-state index >= 15 is 0 Å². The molecule has 2 aliphatic rings. The van der Waals surface area contributed by atoms with Crippen molar-refractivity contribution in [3.8, 4) is 0 Å². The Balaban J connectivity index is 1.55. The van der Waals surface area contributed by atoms with Gasteiger partial charge in [-0.25, -0.2) is 0 Å². The summed E-state index contributed by atoms with van der Waals surface area (Å²) in [6.07, 6.45) is 12.9. The van der Waals surface area contributed by atoms with Crippen LogP contribution in [-0.4, -0.2) is 22.4 Å². The maximum Gasteiger partial charge on any atom is 0.0721 e. The van der Waals surface area contributed by atoms with Gasteiger partial charge in [-0.05, 0) is 48.6 Å². The second-order valence-corrected chi connectivity index (χ2v) is 8.38. The van der Waals surface area contributed by atoms with Crippen molar-refractivity contribution < 1.29 is 10.2 Å². The number of aliphatic hydroxyl groups is 2. The molecule has 148 valence electrons. The lowest BCUT2D eigenvalue weighted by molar-refractivity contribution is 0.139. The number of rotatable bonds is 9. The summed E-state index contributed by atoms with van der Waals surface area (Å²) < 4.78 is 0. The van der Waals surface area contributed by atoms with Crippen LogP contribution in [0, 0.1) is 17.8 Å². The first-order valence-electron chi connectivity index (χ1n) is 10.6. The van der Waals surface area contributed by atoms with Gasteiger partial charge in [0.25, 0.3) is 0 Å². The fraction of sp³-hybridized carbons (Fsp3) is 0.583. The van der Waals surface area contributed by atoms with Crippen molar-refractivity contribution in [3.05, 3.63) is 59.2 Å². The van der Waals surface area contributed by atoms with Crippen LogP contribution in [0.15, 0.2) is 48.1 Å². The minimum atomic E-state index is -0.377. The van der Waals surface area contributed by atoms with Crippen molar-refractivity contribution in [1.82, 2.24) is 0 Å². The molecule has 0 aromatic heterocycles. The van der Waals surface area contributed by atoms with Crippen LogP contribution < -0.4 is 5.73 Å². The number of fused-ring (bicyclic) bond motifs is 1. The van der Waals surface area contributed by atoms with Gasteiger partial charge in [-0.2, -0.15) is 0 Å². The summed E-state index contributed by atoms with van der Waals surface area (Å²) in [5.41, 5.74) is 9.66. The van der Waals surface area contributed by atoms with E-state index in [4.69, 9.17) is 5.73 Å². The summed E-state index contributed by atoms with van der Waals surface area (Å²) >= 11 is 0. The van der Waals surface area contributed by atoms with E-state index < -0.39 is 0 Å². The normalized spacial score (nSPS) is 28.5. The zero-order chi connectivity index (χ0) is 19.2. The Hall–Kier alpha value is -1.42. The average molecular weight is 370 g/mol. The van der Waals surface area contributed by atoms with Crippen molar-refractivity contribution in [2.24, 2.45) is 23.5 Å². The molecule has 0 heterocycles. The molecule has 3 nitrogen and oxygen atoms in total. The topological polar surface area (TPSA) is 66.5 Å². The van der Waals surface area contributed by atoms with Gasteiger partial charge < -0.3 is 15.9 Å². The van der Waals surface area contributed by atoms with Crippen molar-refractivity contribution in [3.63, 3.8) is 0 Å². The van der Waals surface area contributed by atoms with Crippen molar-refractivity contribution in [2.45, 2.75) is 70.6 Å². The van der Waals surface area contributed by atoms with E-state index in [-0.39, 0.29) is 18.1 Å². The van der Waals surface area contributed by atoms with Crippen molar-refractivity contribution >= 4 is 0 Å². The predicted molar refractivity (Wildman–Crippen MR) is 111 cm³/mol. The minimum Gasteiger partial charge on any atom is -0.392 e. The maximum atomic E-state index is 10.5. The van der Waals surface area contributed by atoms with Crippen molar-refractivity contribution in [2.75, 3.05) is 0 Å². The summed E-state index contributed by atoms with van der Waals surface area (Å²) in [6.45, 7) is 2.76. The number of aliphatic hydroxyl groups excluding tert-OH is 2. The lowest BCUT2D eigenvalue weighted by Crippen LogP contribution is -2.18. The highest BCUT2D eigenvalue weighted by molar-refractivity contribution is 5.30. The van der Waals surface area contributed by atoms with E-state index in [2.05, 4.69) is 43.3 Å². The number of hydrogen-bond acceptors (Lipinski definition) is 3. The molecule has 0 amide bonds. The van der Waals surface area contributed by atoms with Crippen LogP contribution in [0.2, 0.25) is 0 Å². The molecule has 1 aromatic rings. The number of allylic oxidation sites excluding steroid dienone is 2. The van der Waals surface area contributed by atoms with E-state index in [0.717, 1.165) is 32.1 Å². The lowest BCUT2D eigenvalue weighted by Gasteiger charge is -2.19. The van der Waals surface area contributed by atoms with Crippen LogP contribution in [0.1, 0.15) is 56.6 Å². The van der Waals surface area contributed by atoms with E-state index in [0.29, 0.717) is 18.4 Å². The summed E-state index contributed by atoms with van der Waals surface area (Å²) in [7, 11) is 0. The van der Waals surface area contributed by atoms with Crippen LogP contribution in [0.3, 0.4) is 0 Å². The largest absolute Gasteiger partial charge is 0.392 e. The average Bonchev–Trinajstić information content (AvgIpc) is 3.17. The van der Waals surface area contributed by atoms with Crippen LogP contribution in [0.5, 0.6) is 0 Å². The Morgan fingerprint density at radius 2 is 1.93 bits per heavy atom. The van der Waals surface area contributed by atoms with E-state index in [1.807, 2.05) is 6.08 Å². The third kappa shape index (κ3) is 5.31. The van der Waals surface area contributed by atoms with Gasteiger partial charge in [0, 0.05) is 12.5 Å². The Labute approximate surface area is 164 Å². The van der Waals surface area contributed by atoms with Crippen LogP contribution in [0.4, 0.5) is 0 Å². The molecule has 1 aromatic carbocycles. The number of unbranched alkanes of at least 4 members (excludes halogenated alkanes) is 2. The van der Waals surface area contributed by atoms with Gasteiger partial charge in [0.15, 0.2) is 0 Å². The third-order valence-corrected chi connectivity index (χ3v) is 6.30. The monoisotopic (exact) mass is 369 g/mol. The predicted octanol–water partition coefficient (Wildman–Crippen LogP) is 4.13. The summed E-state index contributed by atoms with van der Waals surface area (Å²) in [6, 6.07) is 8.58. The zero-order valence-corrected chi connectivity index (χ0v) is 16.6. The molecule has 0 bridgehead atoms. The highest BCUT2D eigenvalue weighted by atomic mass is 16.3. The summed E-state index contributed by atoms with van der Waals surface area (Å²) in [4.78, 5) is 0. The zero-order valence-electron chi connectivity index (χ0n) is 16.6. The van der Waals surface area contributed by atoms with Gasteiger partial charge in [-0.3, -0.25) is 0 Å². The Morgan fingerprint density at radius 1 is 1.19 bits per heavy atom. The Kier molecular flexibility index (Phi) is 7.28. The molecule has 3 rings (SSSR count). The van der Waals surface area contributed by atoms with Gasteiger partial charge in [-0.15, -0.1) is 0 Å². The molecule has 27 heavy (non-hydrogen) atoms. The Morgan fingerprint density at radius 3 is 2.63 bits per heavy atom. The van der Waals surface area contributed by atoms with Gasteiger partial charge in [0.05, 0.1) is 12.2 Å². The highest BCUT2D eigenvalue weighted by Gasteiger charge is 2.43. The fourth-order valence-corrected chi connectivity index (χ4v) is 4.75. The van der Waals surface area contributed by atoms with E-state index in [1.54, 1.807) is 0 Å². The highest BCUT2D eigenvalue weighted by Crippen LogP contribution is 2.47. The number of benzene rings is 1. The molecule has 0 spiro atoms. The number of hydrogen-bond donors (Lipinski definition) is 3. The van der Waals surface area contributed by atoms with Gasteiger partial charge >= 0.3 is 0 Å². The van der Waals surface area contributed by atoms with E-state index in [9.17, 15) is 10.2 Å². The molecule has 5 atom stereocenters. The minimum absolute atomic E-state index is 0.171. The first-order valence-corrected chi connectivity index (χ1v) is 10.6. The molecule has 0 saturated heterocycles. The van der Waals surface area contributed by atoms with Gasteiger partial charge in [0.2, 0.25) is 0 Å². The number of nitrogens with two attached hydrogens (primary N) is 1. The molecular weight excluding hydrogens is 334 g/mol. The standard InChI is InChI=1S/C24H35NO2/c1-2-3-4-5-21(26)10-11-22-23-14-19(13-20(23)15-24(22)27)12-17-6-8-18(16-25)9-7-17/h6-11,13,20-24,26-27H,2-5,12,14-16,25H2,1H3/t20-,21-,22+,23-,24+/m0/s1. The molecule has 1 fully saturated rings. The molecule has 0 unspecified atom stereocenters. The lowest BCUT2D eigenvalue weighted by atomic mass is 9.88. The molecule has 2 aliphatic carbocycles. The first kappa shape index (κ1) is 20.3. The fourth-order valence-electron chi connectivity index (χ4n) is 4.75. The first-order chi connectivity index (χ1) is 13.1. The second-order valence-electron chi connectivity index (χ2n) is 8.38. The molecule has 4 N–H and O–H groups in total. The van der Waals surface area contributed by atoms with Crippen LogP contribution >= 0.6 is 0 Å². The maximum absolute atomic E-state index is 10.5. The van der Waals surface area contributed by atoms with E-state index in [1.165, 1.54) is 29.5 Å². The molecule has 0 aliphatic heterocycles. The molecule has 3 heteroatoms. The molecular formula is C24H35NO2. The second kappa shape index (κ2) is 9.68. The van der Waals surface area contributed by atoms with Gasteiger partial charge in [0.1, 0.15) is 0 Å².